The average molecular weight is 1340 g/mol. The monoisotopic (exact) mass is 1340 g/mol. The lowest BCUT2D eigenvalue weighted by molar-refractivity contribution is -0.141. The standard InChI is InChI=1S/C98H128O2/c1-58(2)24-19-29-63(11)35-40-70-48-77-75-46-69(34-17-18-45-100-68(16)99)47-76-78-49-71(41-36-64(12)30-20-25-59(3)4)51-80-82-53-73(43-38-66(14)32-22-27-61(7)8)55-84-86-57-74(44-39-67(15)33-23-28-62(9)10)56-85-83-54-72(42-37-65(13)31-21-26-60(5)6)52-81-79(50-70)88(77)94-93(87(75)76)95(89(78)80)97(91(82)84)98(92(85)86)96(94)90(81)83/h46-67H,17-45H2,1-16H3. The fourth-order valence-electron chi connectivity index (χ4n) is 19.3. The Morgan fingerprint density at radius 3 is 0.580 bits per heavy atom. The van der Waals surface area contributed by atoms with Crippen molar-refractivity contribution in [1.29, 1.82) is 0 Å². The van der Waals surface area contributed by atoms with Crippen LogP contribution < -0.4 is 0 Å². The number of rotatable bonds is 40. The van der Waals surface area contributed by atoms with E-state index < -0.39 is 0 Å². The summed E-state index contributed by atoms with van der Waals surface area (Å²) >= 11 is 0. The van der Waals surface area contributed by atoms with Gasteiger partial charge in [0.1, 0.15) is 0 Å². The zero-order chi connectivity index (χ0) is 70.4. The molecule has 0 amide bonds. The maximum atomic E-state index is 12.1. The van der Waals surface area contributed by atoms with Crippen LogP contribution in [0.25, 0.3) is 129 Å². The maximum Gasteiger partial charge on any atom is 0.302 e. The molecule has 100 heavy (non-hydrogen) atoms. The van der Waals surface area contributed by atoms with Crippen molar-refractivity contribution < 1.29 is 9.53 Å². The lowest BCUT2D eigenvalue weighted by Gasteiger charge is -2.30. The molecule has 0 fully saturated rings. The number of carbonyl (C=O) groups is 1. The Morgan fingerprint density at radius 2 is 0.410 bits per heavy atom. The molecule has 0 aromatic heterocycles. The molecule has 0 saturated heterocycles. The van der Waals surface area contributed by atoms with Crippen molar-refractivity contribution >= 4 is 135 Å². The Bertz CT molecular complexity index is 4580. The summed E-state index contributed by atoms with van der Waals surface area (Å²) in [7, 11) is 0. The molecule has 5 unspecified atom stereocenters. The van der Waals surface area contributed by atoms with Crippen LogP contribution in [0, 0.1) is 59.2 Å². The predicted octanol–water partition coefficient (Wildman–Crippen LogP) is 30.0. The SMILES string of the molecule is CC(=O)OCCCCc1cc2c3cc(CCC(C)CCCC(C)C)cc4c5cc(CCC(C)CCCC(C)C)cc6c7cc(CCC(C)CCCC(C)C)cc8c9cc(CCC(C)CCCC(C)C)cc%10c%11cc(CCC(C)CCCC(C)C)cc%12c(c1)c2c1c(c34)c(c56)c(c78)c(c%109)c1c%12%11. The summed E-state index contributed by atoms with van der Waals surface area (Å²) in [5, 5.41) is 35.9. The molecule has 0 heterocycles. The van der Waals surface area contributed by atoms with Gasteiger partial charge in [0.05, 0.1) is 6.61 Å². The fourth-order valence-corrected chi connectivity index (χ4v) is 19.3. The van der Waals surface area contributed by atoms with Gasteiger partial charge in [-0.25, -0.2) is 0 Å². The highest BCUT2D eigenvalue weighted by Gasteiger charge is 2.33. The van der Waals surface area contributed by atoms with Gasteiger partial charge in [0.2, 0.25) is 0 Å². The van der Waals surface area contributed by atoms with E-state index in [0.29, 0.717) is 36.2 Å². The first-order valence-corrected chi connectivity index (χ1v) is 41.5. The zero-order valence-corrected chi connectivity index (χ0v) is 65.5. The van der Waals surface area contributed by atoms with Crippen LogP contribution >= 0.6 is 0 Å². The van der Waals surface area contributed by atoms with Gasteiger partial charge in [-0.3, -0.25) is 4.79 Å². The highest BCUT2D eigenvalue weighted by Crippen LogP contribution is 2.61. The topological polar surface area (TPSA) is 26.3 Å². The smallest absolute Gasteiger partial charge is 0.302 e. The molecular formula is C98H128O2. The number of ether oxygens (including phenoxy) is 1. The number of benzene rings is 13. The summed E-state index contributed by atoms with van der Waals surface area (Å²) in [5.41, 5.74) is 8.97. The molecule has 13 aromatic carbocycles. The second-order valence-corrected chi connectivity index (χ2v) is 36.3. The second kappa shape index (κ2) is 31.1. The van der Waals surface area contributed by atoms with Gasteiger partial charge in [-0.05, 0) is 305 Å². The van der Waals surface area contributed by atoms with Gasteiger partial charge >= 0.3 is 5.97 Å². The number of fused-ring (bicyclic) bond motifs is 6. The lowest BCUT2D eigenvalue weighted by Crippen LogP contribution is -2.05. The highest BCUT2D eigenvalue weighted by atomic mass is 16.5. The number of unbranched alkanes of at least 4 members (excludes halogenated alkanes) is 1. The molecule has 13 rings (SSSR count). The maximum absolute atomic E-state index is 12.1. The van der Waals surface area contributed by atoms with Crippen molar-refractivity contribution in [2.75, 3.05) is 6.61 Å². The summed E-state index contributed by atoms with van der Waals surface area (Å²) in [6.45, 7) is 38.7. The average Bonchev–Trinajstić information content (AvgIpc) is 0.643. The van der Waals surface area contributed by atoms with Crippen molar-refractivity contribution in [1.82, 2.24) is 0 Å². The zero-order valence-electron chi connectivity index (χ0n) is 65.5. The van der Waals surface area contributed by atoms with Crippen molar-refractivity contribution in [3.05, 3.63) is 106 Å². The molecule has 0 aliphatic heterocycles. The summed E-state index contributed by atoms with van der Waals surface area (Å²) < 4.78 is 5.61. The minimum absolute atomic E-state index is 0.185. The van der Waals surface area contributed by atoms with E-state index in [1.165, 1.54) is 291 Å². The third kappa shape index (κ3) is 15.1. The predicted molar refractivity (Wildman–Crippen MR) is 444 cm³/mol. The summed E-state index contributed by atoms with van der Waals surface area (Å²) in [5.74, 6) is 6.90. The van der Waals surface area contributed by atoms with Gasteiger partial charge in [-0.1, -0.05) is 273 Å². The summed E-state index contributed by atoms with van der Waals surface area (Å²) in [4.78, 5) is 12.1. The number of aryl methyl sites for hydroxylation is 6. The normalized spacial score (nSPS) is 14.7. The third-order valence-electron chi connectivity index (χ3n) is 25.1. The van der Waals surface area contributed by atoms with Crippen molar-refractivity contribution in [3.63, 3.8) is 0 Å². The largest absolute Gasteiger partial charge is 0.466 e. The van der Waals surface area contributed by atoms with Crippen molar-refractivity contribution in [3.8, 4) is 0 Å². The molecular weight excluding hydrogens is 1210 g/mol. The molecule has 0 radical (unpaired) electrons. The molecule has 2 nitrogen and oxygen atoms in total. The van der Waals surface area contributed by atoms with Crippen LogP contribution in [0.2, 0.25) is 0 Å². The Hall–Kier alpha value is -5.99. The second-order valence-electron chi connectivity index (χ2n) is 36.3. The Labute approximate surface area is 603 Å². The van der Waals surface area contributed by atoms with E-state index in [9.17, 15) is 4.79 Å². The van der Waals surface area contributed by atoms with E-state index in [-0.39, 0.29) is 5.97 Å². The Morgan fingerprint density at radius 1 is 0.230 bits per heavy atom. The molecule has 5 atom stereocenters. The van der Waals surface area contributed by atoms with E-state index in [1.807, 2.05) is 0 Å². The molecule has 0 aliphatic carbocycles. The van der Waals surface area contributed by atoms with E-state index in [0.717, 1.165) is 81.0 Å². The minimum atomic E-state index is -0.185. The molecule has 0 aliphatic rings. The molecule has 0 spiro atoms. The van der Waals surface area contributed by atoms with E-state index in [1.54, 1.807) is 6.92 Å². The van der Waals surface area contributed by atoms with Crippen LogP contribution in [-0.2, 0) is 48.1 Å². The first-order valence-electron chi connectivity index (χ1n) is 41.5. The first kappa shape index (κ1) is 72.4. The number of carbonyl (C=O) groups excluding carboxylic acids is 1. The third-order valence-corrected chi connectivity index (χ3v) is 25.1. The van der Waals surface area contributed by atoms with Crippen LogP contribution in [0.4, 0.5) is 0 Å². The van der Waals surface area contributed by atoms with Crippen LogP contribution in [0.5, 0.6) is 0 Å². The van der Waals surface area contributed by atoms with Gasteiger partial charge in [-0.2, -0.15) is 0 Å². The lowest BCUT2D eigenvalue weighted by atomic mass is 9.72. The van der Waals surface area contributed by atoms with Gasteiger partial charge in [0.25, 0.3) is 0 Å². The molecule has 13 aromatic rings. The molecule has 532 valence electrons. The molecule has 0 bridgehead atoms. The summed E-state index contributed by atoms with van der Waals surface area (Å²) in [6.07, 6.45) is 33.9. The fraction of sp³-hybridized carbons (Fsp3) is 0.561. The highest BCUT2D eigenvalue weighted by molar-refractivity contribution is 6.61. The van der Waals surface area contributed by atoms with Gasteiger partial charge in [0, 0.05) is 6.92 Å². The summed E-state index contributed by atoms with van der Waals surface area (Å²) in [6, 6.07) is 32.8. The van der Waals surface area contributed by atoms with Crippen LogP contribution in [0.15, 0.2) is 72.8 Å². The van der Waals surface area contributed by atoms with Crippen molar-refractivity contribution in [2.24, 2.45) is 59.2 Å². The number of hydrogen-bond acceptors (Lipinski definition) is 2. The Kier molecular flexibility index (Phi) is 22.5. The quantitative estimate of drug-likeness (QED) is 0.0166. The van der Waals surface area contributed by atoms with Crippen LogP contribution in [-0.4, -0.2) is 12.6 Å². The van der Waals surface area contributed by atoms with E-state index in [2.05, 4.69) is 177 Å². The van der Waals surface area contributed by atoms with E-state index in [4.69, 9.17) is 4.74 Å². The molecule has 0 N–H and O–H groups in total. The Balaban J connectivity index is 1.16. The van der Waals surface area contributed by atoms with E-state index >= 15 is 0 Å². The number of hydrogen-bond donors (Lipinski definition) is 0. The van der Waals surface area contributed by atoms with Crippen molar-refractivity contribution in [2.45, 2.75) is 291 Å². The van der Waals surface area contributed by atoms with Gasteiger partial charge in [0.15, 0.2) is 0 Å². The van der Waals surface area contributed by atoms with Gasteiger partial charge in [-0.15, -0.1) is 0 Å². The van der Waals surface area contributed by atoms with Crippen LogP contribution in [0.1, 0.15) is 285 Å². The molecule has 2 heteroatoms. The first-order chi connectivity index (χ1) is 48.1. The van der Waals surface area contributed by atoms with Gasteiger partial charge < -0.3 is 4.74 Å². The number of esters is 1. The molecule has 0 saturated carbocycles. The minimum Gasteiger partial charge on any atom is -0.466 e. The van der Waals surface area contributed by atoms with Crippen LogP contribution in [0.3, 0.4) is 0 Å².